The minimum atomic E-state index is -0.942. The maximum absolute atomic E-state index is 14.0. The number of primary amides is 1. The van der Waals surface area contributed by atoms with E-state index < -0.39 is 41.3 Å². The van der Waals surface area contributed by atoms with Crippen molar-refractivity contribution < 1.29 is 29.0 Å². The third kappa shape index (κ3) is 9.70. The summed E-state index contributed by atoms with van der Waals surface area (Å²) >= 11 is 1.58. The predicted molar refractivity (Wildman–Crippen MR) is 199 cm³/mol. The fraction of sp³-hybridized carbons (Fsp3) is 0.514. The molecule has 0 saturated carbocycles. The number of pyridine rings is 1. The highest BCUT2D eigenvalue weighted by atomic mass is 32.1. The summed E-state index contributed by atoms with van der Waals surface area (Å²) in [6.45, 7) is 13.2. The second-order valence-corrected chi connectivity index (χ2v) is 15.4. The Balaban J connectivity index is 1.09. The van der Waals surface area contributed by atoms with Crippen LogP contribution < -0.4 is 21.3 Å². The Morgan fingerprint density at radius 1 is 1.04 bits per heavy atom. The number of amides is 4. The zero-order valence-electron chi connectivity index (χ0n) is 30.5. The summed E-state index contributed by atoms with van der Waals surface area (Å²) in [6, 6.07) is 9.24. The Labute approximate surface area is 308 Å². The van der Waals surface area contributed by atoms with Gasteiger partial charge < -0.3 is 36.0 Å². The molecule has 2 aromatic heterocycles. The number of carbonyl (C=O) groups excluding carboxylic acids is 4. The van der Waals surface area contributed by atoms with Crippen molar-refractivity contribution >= 4 is 40.8 Å². The van der Waals surface area contributed by atoms with Crippen molar-refractivity contribution in [1.82, 2.24) is 30.4 Å². The summed E-state index contributed by atoms with van der Waals surface area (Å²) in [5.41, 5.74) is 9.74. The Bertz CT molecular complexity index is 1700. The number of hydrogen-bond acceptors (Lipinski definition) is 11. The molecular formula is C37H50N8O6S. The summed E-state index contributed by atoms with van der Waals surface area (Å²) < 4.78 is 5.71. The third-order valence-corrected chi connectivity index (χ3v) is 10.6. The standard InChI is InChI=1S/C37H50N8O6S/c1-23(25-6-8-26(9-7-25)32-24(2)40-22-52-32)41-35(49)29-18-28(46)20-45(29)36(50)33(37(3,4)5)42-31(47)21-51-17-16-43-12-14-44(15-13-43)30-11-10-27(19-39-30)34(38)48/h6-11,19,22-23,28-29,33,46H,12-18,20-21H2,1-5H3,(H2,38,48)(H,41,49)(H,42,47)/t23-,28+,29-,33+/m0/s1. The quantitative estimate of drug-likeness (QED) is 0.190. The van der Waals surface area contributed by atoms with Gasteiger partial charge in [0.1, 0.15) is 24.5 Å². The minimum absolute atomic E-state index is 0.00480. The highest BCUT2D eigenvalue weighted by Crippen LogP contribution is 2.29. The largest absolute Gasteiger partial charge is 0.391 e. The Morgan fingerprint density at radius 2 is 1.75 bits per heavy atom. The van der Waals surface area contributed by atoms with Crippen molar-refractivity contribution in [2.45, 2.75) is 65.3 Å². The number of nitrogens with one attached hydrogen (secondary N) is 2. The number of rotatable bonds is 13. The topological polar surface area (TPSA) is 183 Å². The molecule has 0 aliphatic carbocycles. The monoisotopic (exact) mass is 734 g/mol. The molecule has 2 aliphatic rings. The van der Waals surface area contributed by atoms with E-state index in [9.17, 15) is 24.3 Å². The van der Waals surface area contributed by atoms with Crippen molar-refractivity contribution in [3.05, 3.63) is 64.9 Å². The average Bonchev–Trinajstić information content (AvgIpc) is 3.73. The van der Waals surface area contributed by atoms with Crippen LogP contribution in [0.4, 0.5) is 5.82 Å². The molecule has 2 saturated heterocycles. The molecule has 1 aromatic carbocycles. The number of anilines is 1. The number of β-amino-alcohol motifs (C(OH)–C–C–N with tert-alkyl or cyclic N) is 1. The van der Waals surface area contributed by atoms with Crippen LogP contribution >= 0.6 is 11.3 Å². The van der Waals surface area contributed by atoms with Crippen LogP contribution in [0.15, 0.2) is 48.1 Å². The van der Waals surface area contributed by atoms with E-state index in [1.165, 1.54) is 11.1 Å². The lowest BCUT2D eigenvalue weighted by Gasteiger charge is -2.36. The summed E-state index contributed by atoms with van der Waals surface area (Å²) in [4.78, 5) is 67.4. The normalized spacial score (nSPS) is 19.3. The number of aliphatic hydroxyl groups is 1. The van der Waals surface area contributed by atoms with E-state index in [0.717, 1.165) is 53.7 Å². The molecule has 5 N–H and O–H groups in total. The minimum Gasteiger partial charge on any atom is -0.391 e. The molecule has 0 unspecified atom stereocenters. The van der Waals surface area contributed by atoms with Gasteiger partial charge in [0.2, 0.25) is 23.6 Å². The van der Waals surface area contributed by atoms with E-state index in [4.69, 9.17) is 10.5 Å². The second kappa shape index (κ2) is 16.9. The summed E-state index contributed by atoms with van der Waals surface area (Å²) in [5, 5.41) is 16.4. The number of hydrogen-bond donors (Lipinski definition) is 4. The smallest absolute Gasteiger partial charge is 0.250 e. The third-order valence-electron chi connectivity index (χ3n) is 9.57. The number of ether oxygens (including phenoxy) is 1. The number of aryl methyl sites for hydroxylation is 1. The number of thiazole rings is 1. The van der Waals surface area contributed by atoms with Gasteiger partial charge in [0.15, 0.2) is 0 Å². The van der Waals surface area contributed by atoms with E-state index in [1.54, 1.807) is 23.5 Å². The van der Waals surface area contributed by atoms with Gasteiger partial charge in [-0.25, -0.2) is 9.97 Å². The van der Waals surface area contributed by atoms with Crippen molar-refractivity contribution in [3.8, 4) is 10.4 Å². The van der Waals surface area contributed by atoms with E-state index in [1.807, 2.05) is 64.4 Å². The second-order valence-electron chi connectivity index (χ2n) is 14.5. The number of likely N-dealkylation sites (tertiary alicyclic amines) is 1. The molecule has 0 bridgehead atoms. The van der Waals surface area contributed by atoms with Gasteiger partial charge in [-0.3, -0.25) is 24.1 Å². The first kappa shape index (κ1) is 38.8. The fourth-order valence-corrected chi connectivity index (χ4v) is 7.31. The number of nitrogens with zero attached hydrogens (tertiary/aromatic N) is 5. The lowest BCUT2D eigenvalue weighted by atomic mass is 9.85. The number of carbonyl (C=O) groups is 4. The van der Waals surface area contributed by atoms with E-state index in [-0.39, 0.29) is 31.5 Å². The molecule has 52 heavy (non-hydrogen) atoms. The Kier molecular flexibility index (Phi) is 12.6. The van der Waals surface area contributed by atoms with Crippen LogP contribution in [0, 0.1) is 12.3 Å². The Morgan fingerprint density at radius 3 is 2.35 bits per heavy atom. The molecule has 3 aromatic rings. The van der Waals surface area contributed by atoms with Crippen LogP contribution in [0.5, 0.6) is 0 Å². The highest BCUT2D eigenvalue weighted by molar-refractivity contribution is 7.13. The molecule has 4 amide bonds. The van der Waals surface area contributed by atoms with Crippen molar-refractivity contribution in [1.29, 1.82) is 0 Å². The van der Waals surface area contributed by atoms with Gasteiger partial charge in [-0.2, -0.15) is 0 Å². The van der Waals surface area contributed by atoms with Gasteiger partial charge in [-0.1, -0.05) is 45.0 Å². The van der Waals surface area contributed by atoms with Gasteiger partial charge in [0.05, 0.1) is 40.4 Å². The predicted octanol–water partition coefficient (Wildman–Crippen LogP) is 2.12. The number of piperazine rings is 1. The molecule has 4 heterocycles. The summed E-state index contributed by atoms with van der Waals surface area (Å²) in [5.74, 6) is -0.944. The molecule has 0 radical (unpaired) electrons. The van der Waals surface area contributed by atoms with Crippen molar-refractivity contribution in [2.75, 3.05) is 57.4 Å². The lowest BCUT2D eigenvalue weighted by Crippen LogP contribution is -2.58. The molecule has 2 fully saturated rings. The van der Waals surface area contributed by atoms with E-state index in [0.29, 0.717) is 18.7 Å². The zero-order valence-corrected chi connectivity index (χ0v) is 31.3. The summed E-state index contributed by atoms with van der Waals surface area (Å²) in [7, 11) is 0. The molecule has 4 atom stereocenters. The van der Waals surface area contributed by atoms with Crippen LogP contribution in [-0.4, -0.2) is 119 Å². The molecule has 2 aliphatic heterocycles. The van der Waals surface area contributed by atoms with E-state index >= 15 is 0 Å². The lowest BCUT2D eigenvalue weighted by molar-refractivity contribution is -0.144. The van der Waals surface area contributed by atoms with E-state index in [2.05, 4.69) is 30.4 Å². The molecule has 14 nitrogen and oxygen atoms in total. The van der Waals surface area contributed by atoms with Gasteiger partial charge in [-0.05, 0) is 42.5 Å². The van der Waals surface area contributed by atoms with Crippen LogP contribution in [0.2, 0.25) is 0 Å². The van der Waals surface area contributed by atoms with Crippen LogP contribution in [0.25, 0.3) is 10.4 Å². The van der Waals surface area contributed by atoms with Gasteiger partial charge >= 0.3 is 0 Å². The van der Waals surface area contributed by atoms with Crippen LogP contribution in [-0.2, 0) is 19.1 Å². The first-order chi connectivity index (χ1) is 24.7. The maximum Gasteiger partial charge on any atom is 0.250 e. The van der Waals surface area contributed by atoms with Crippen molar-refractivity contribution in [3.63, 3.8) is 0 Å². The molecular weight excluding hydrogens is 685 g/mol. The fourth-order valence-electron chi connectivity index (χ4n) is 6.50. The van der Waals surface area contributed by atoms with Crippen LogP contribution in [0.1, 0.15) is 61.8 Å². The molecule has 280 valence electrons. The number of aromatic nitrogens is 2. The Hall–Kier alpha value is -4.44. The van der Waals surface area contributed by atoms with Gasteiger partial charge in [0.25, 0.3) is 0 Å². The highest BCUT2D eigenvalue weighted by Gasteiger charge is 2.44. The van der Waals surface area contributed by atoms with Gasteiger partial charge in [0, 0.05) is 51.9 Å². The SMILES string of the molecule is Cc1ncsc1-c1ccc([C@H](C)NC(=O)[C@@H]2C[C@@H](O)CN2C(=O)[C@@H](NC(=O)COCCN2CCN(c3ccc(C(N)=O)cn3)CC2)C(C)(C)C)cc1. The van der Waals surface area contributed by atoms with Crippen molar-refractivity contribution in [2.24, 2.45) is 11.1 Å². The number of nitrogens with two attached hydrogens (primary N) is 1. The number of benzene rings is 1. The van der Waals surface area contributed by atoms with Gasteiger partial charge in [-0.15, -0.1) is 11.3 Å². The zero-order chi connectivity index (χ0) is 37.6. The molecule has 15 heteroatoms. The first-order valence-corrected chi connectivity index (χ1v) is 18.5. The average molecular weight is 735 g/mol. The molecule has 5 rings (SSSR count). The van der Waals surface area contributed by atoms with Crippen LogP contribution in [0.3, 0.4) is 0 Å². The first-order valence-electron chi connectivity index (χ1n) is 17.6. The number of aliphatic hydroxyl groups excluding tert-OH is 1. The molecule has 0 spiro atoms. The maximum atomic E-state index is 14.0. The summed E-state index contributed by atoms with van der Waals surface area (Å²) in [6.07, 6.45) is 0.726.